The molecule has 3 aromatic rings. The first-order valence-corrected chi connectivity index (χ1v) is 8.02. The number of nitrogens with one attached hydrogen (secondary N) is 1. The van der Waals surface area contributed by atoms with Crippen molar-refractivity contribution in [2.45, 2.75) is 13.8 Å². The number of nitriles is 1. The molecule has 1 heterocycles. The predicted octanol–water partition coefficient (Wildman–Crippen LogP) is 4.51. The SMILES string of the molecule is COc1ccnc(Nc2ccc(C#N)c(Oc3cc(C)cc(C)c3)c2)n1. The average molecular weight is 346 g/mol. The van der Waals surface area contributed by atoms with Gasteiger partial charge in [0.1, 0.15) is 17.6 Å². The molecule has 6 heteroatoms. The van der Waals surface area contributed by atoms with Crippen LogP contribution in [0.25, 0.3) is 0 Å². The number of nitrogens with zero attached hydrogens (tertiary/aromatic N) is 3. The van der Waals surface area contributed by atoms with E-state index < -0.39 is 0 Å². The summed E-state index contributed by atoms with van der Waals surface area (Å²) in [6, 6.07) is 15.0. The second-order valence-electron chi connectivity index (χ2n) is 5.80. The van der Waals surface area contributed by atoms with Crippen molar-refractivity contribution in [3.8, 4) is 23.4 Å². The lowest BCUT2D eigenvalue weighted by Gasteiger charge is -2.12. The Morgan fingerprint density at radius 3 is 2.50 bits per heavy atom. The Balaban J connectivity index is 1.89. The summed E-state index contributed by atoms with van der Waals surface area (Å²) in [7, 11) is 1.55. The molecule has 0 amide bonds. The van der Waals surface area contributed by atoms with Crippen LogP contribution < -0.4 is 14.8 Å². The van der Waals surface area contributed by atoms with Gasteiger partial charge in [-0.3, -0.25) is 0 Å². The van der Waals surface area contributed by atoms with Crippen molar-refractivity contribution in [2.75, 3.05) is 12.4 Å². The minimum atomic E-state index is 0.395. The smallest absolute Gasteiger partial charge is 0.230 e. The molecule has 0 atom stereocenters. The summed E-state index contributed by atoms with van der Waals surface area (Å²) in [6.07, 6.45) is 1.60. The molecule has 1 N–H and O–H groups in total. The second-order valence-corrected chi connectivity index (χ2v) is 5.80. The maximum Gasteiger partial charge on any atom is 0.230 e. The first kappa shape index (κ1) is 17.2. The lowest BCUT2D eigenvalue weighted by molar-refractivity contribution is 0.397. The Kier molecular flexibility index (Phi) is 4.99. The summed E-state index contributed by atoms with van der Waals surface area (Å²) in [5, 5.41) is 12.5. The third kappa shape index (κ3) is 4.08. The van der Waals surface area contributed by atoms with Gasteiger partial charge < -0.3 is 14.8 Å². The van der Waals surface area contributed by atoms with E-state index in [0.717, 1.165) is 11.1 Å². The molecule has 2 aromatic carbocycles. The monoisotopic (exact) mass is 346 g/mol. The van der Waals surface area contributed by atoms with Crippen molar-refractivity contribution in [3.63, 3.8) is 0 Å². The lowest BCUT2D eigenvalue weighted by Crippen LogP contribution is -1.99. The van der Waals surface area contributed by atoms with Crippen LogP contribution >= 0.6 is 0 Å². The highest BCUT2D eigenvalue weighted by Crippen LogP contribution is 2.30. The van der Waals surface area contributed by atoms with Gasteiger partial charge in [-0.1, -0.05) is 6.07 Å². The van der Waals surface area contributed by atoms with Gasteiger partial charge in [0.05, 0.1) is 12.7 Å². The van der Waals surface area contributed by atoms with E-state index in [-0.39, 0.29) is 0 Å². The standard InChI is InChI=1S/C20H18N4O2/c1-13-8-14(2)10-17(9-13)26-18-11-16(5-4-15(18)12-21)23-20-22-7-6-19(24-20)25-3/h4-11H,1-3H3,(H,22,23,24). The van der Waals surface area contributed by atoms with Crippen LogP contribution in [-0.2, 0) is 0 Å². The van der Waals surface area contributed by atoms with E-state index in [1.807, 2.05) is 26.0 Å². The fraction of sp³-hybridized carbons (Fsp3) is 0.150. The third-order valence-electron chi connectivity index (χ3n) is 3.62. The summed E-state index contributed by atoms with van der Waals surface area (Å²) in [5.74, 6) is 2.01. The van der Waals surface area contributed by atoms with E-state index in [4.69, 9.17) is 9.47 Å². The maximum absolute atomic E-state index is 9.36. The molecule has 0 unspecified atom stereocenters. The molecule has 26 heavy (non-hydrogen) atoms. The maximum atomic E-state index is 9.36. The number of ether oxygens (including phenoxy) is 2. The van der Waals surface area contributed by atoms with Crippen molar-refractivity contribution in [2.24, 2.45) is 0 Å². The Labute approximate surface area is 152 Å². The van der Waals surface area contributed by atoms with Crippen molar-refractivity contribution in [1.29, 1.82) is 5.26 Å². The van der Waals surface area contributed by atoms with Gasteiger partial charge in [0.15, 0.2) is 0 Å². The molecule has 0 aliphatic carbocycles. The molecule has 6 nitrogen and oxygen atoms in total. The highest BCUT2D eigenvalue weighted by Gasteiger charge is 2.09. The quantitative estimate of drug-likeness (QED) is 0.732. The highest BCUT2D eigenvalue weighted by molar-refractivity contribution is 5.61. The molecule has 0 bridgehead atoms. The minimum absolute atomic E-state index is 0.395. The van der Waals surface area contributed by atoms with Gasteiger partial charge in [0.2, 0.25) is 11.8 Å². The van der Waals surface area contributed by atoms with Gasteiger partial charge in [0, 0.05) is 24.0 Å². The van der Waals surface area contributed by atoms with Crippen LogP contribution in [0.15, 0.2) is 48.7 Å². The van der Waals surface area contributed by atoms with E-state index in [1.165, 1.54) is 0 Å². The Morgan fingerprint density at radius 1 is 1.04 bits per heavy atom. The van der Waals surface area contributed by atoms with Crippen LogP contribution in [-0.4, -0.2) is 17.1 Å². The third-order valence-corrected chi connectivity index (χ3v) is 3.62. The number of anilines is 2. The summed E-state index contributed by atoms with van der Waals surface area (Å²) < 4.78 is 11.1. The van der Waals surface area contributed by atoms with Crippen LogP contribution in [0.3, 0.4) is 0 Å². The van der Waals surface area contributed by atoms with Gasteiger partial charge in [-0.2, -0.15) is 10.2 Å². The van der Waals surface area contributed by atoms with Gasteiger partial charge in [-0.25, -0.2) is 4.98 Å². The summed E-state index contributed by atoms with van der Waals surface area (Å²) >= 11 is 0. The van der Waals surface area contributed by atoms with Gasteiger partial charge in [-0.05, 0) is 49.2 Å². The van der Waals surface area contributed by atoms with E-state index in [1.54, 1.807) is 37.6 Å². The number of benzene rings is 2. The number of rotatable bonds is 5. The van der Waals surface area contributed by atoms with Crippen molar-refractivity contribution in [1.82, 2.24) is 9.97 Å². The second kappa shape index (κ2) is 7.53. The zero-order valence-electron chi connectivity index (χ0n) is 14.8. The number of hydrogen-bond donors (Lipinski definition) is 1. The molecule has 0 aliphatic rings. The fourth-order valence-electron chi connectivity index (χ4n) is 2.54. The van der Waals surface area contributed by atoms with Crippen LogP contribution in [0.1, 0.15) is 16.7 Å². The Morgan fingerprint density at radius 2 is 1.81 bits per heavy atom. The van der Waals surface area contributed by atoms with E-state index in [9.17, 15) is 5.26 Å². The van der Waals surface area contributed by atoms with Gasteiger partial charge >= 0.3 is 0 Å². The van der Waals surface area contributed by atoms with E-state index >= 15 is 0 Å². The zero-order chi connectivity index (χ0) is 18.5. The summed E-state index contributed by atoms with van der Waals surface area (Å²) in [6.45, 7) is 4.01. The highest BCUT2D eigenvalue weighted by atomic mass is 16.5. The molecule has 130 valence electrons. The van der Waals surface area contributed by atoms with Gasteiger partial charge in [0.25, 0.3) is 0 Å². The molecule has 0 spiro atoms. The average Bonchev–Trinajstić information content (AvgIpc) is 2.61. The topological polar surface area (TPSA) is 80.1 Å². The normalized spacial score (nSPS) is 10.1. The Hall–Kier alpha value is -3.59. The molecule has 1 aromatic heterocycles. The molecule has 3 rings (SSSR count). The van der Waals surface area contributed by atoms with Crippen molar-refractivity contribution >= 4 is 11.6 Å². The zero-order valence-corrected chi connectivity index (χ0v) is 14.8. The molecule has 0 saturated heterocycles. The fourth-order valence-corrected chi connectivity index (χ4v) is 2.54. The first-order valence-electron chi connectivity index (χ1n) is 8.02. The van der Waals surface area contributed by atoms with Crippen LogP contribution in [0.4, 0.5) is 11.6 Å². The van der Waals surface area contributed by atoms with Crippen LogP contribution in [0.2, 0.25) is 0 Å². The van der Waals surface area contributed by atoms with E-state index in [2.05, 4.69) is 27.4 Å². The largest absolute Gasteiger partial charge is 0.481 e. The Bertz CT molecular complexity index is 960. The molecule has 0 fully saturated rings. The molecular formula is C20H18N4O2. The number of aryl methyl sites for hydroxylation is 2. The lowest BCUT2D eigenvalue weighted by atomic mass is 10.1. The van der Waals surface area contributed by atoms with Crippen LogP contribution in [0.5, 0.6) is 17.4 Å². The van der Waals surface area contributed by atoms with Gasteiger partial charge in [-0.15, -0.1) is 0 Å². The first-order chi connectivity index (χ1) is 12.6. The van der Waals surface area contributed by atoms with E-state index in [0.29, 0.717) is 34.6 Å². The summed E-state index contributed by atoms with van der Waals surface area (Å²) in [5.41, 5.74) is 3.34. The number of methoxy groups -OCH3 is 1. The molecule has 0 aliphatic heterocycles. The van der Waals surface area contributed by atoms with Crippen molar-refractivity contribution in [3.05, 3.63) is 65.4 Å². The number of hydrogen-bond acceptors (Lipinski definition) is 6. The summed E-state index contributed by atoms with van der Waals surface area (Å²) in [4.78, 5) is 8.37. The van der Waals surface area contributed by atoms with Crippen molar-refractivity contribution < 1.29 is 9.47 Å². The predicted molar refractivity (Wildman–Crippen MR) is 99.0 cm³/mol. The number of aromatic nitrogens is 2. The molecular weight excluding hydrogens is 328 g/mol. The minimum Gasteiger partial charge on any atom is -0.481 e. The van der Waals surface area contributed by atoms with Crippen LogP contribution in [0, 0.1) is 25.2 Å². The molecule has 0 radical (unpaired) electrons. The molecule has 0 saturated carbocycles.